The number of hydrogen-bond acceptors (Lipinski definition) is 4. The Morgan fingerprint density at radius 1 is 1.03 bits per heavy atom. The Kier molecular flexibility index (Phi) is 8.51. The monoisotopic (exact) mass is 407 g/mol. The van der Waals surface area contributed by atoms with Gasteiger partial charge in [-0.3, -0.25) is 4.99 Å². The van der Waals surface area contributed by atoms with Crippen LogP contribution in [-0.4, -0.2) is 33.3 Å². The number of rotatable bonds is 9. The number of guanidine groups is 1. The lowest BCUT2D eigenvalue weighted by atomic mass is 10.1. The normalized spacial score (nSPS) is 11.3. The molecule has 0 saturated carbocycles. The van der Waals surface area contributed by atoms with E-state index in [2.05, 4.69) is 20.4 Å². The minimum atomic E-state index is -2.90. The molecule has 0 aromatic heterocycles. The van der Waals surface area contributed by atoms with Gasteiger partial charge in [-0.2, -0.15) is 8.78 Å². The molecule has 158 valence electrons. The van der Waals surface area contributed by atoms with Gasteiger partial charge in [0.1, 0.15) is 5.75 Å². The van der Waals surface area contributed by atoms with E-state index in [0.29, 0.717) is 25.7 Å². The number of nitrogens with one attached hydrogen (secondary N) is 2. The Morgan fingerprint density at radius 3 is 2.45 bits per heavy atom. The maximum absolute atomic E-state index is 12.5. The van der Waals surface area contributed by atoms with Crippen LogP contribution in [0.3, 0.4) is 0 Å². The van der Waals surface area contributed by atoms with Gasteiger partial charge in [0.15, 0.2) is 17.5 Å². The zero-order valence-corrected chi connectivity index (χ0v) is 17.1. The van der Waals surface area contributed by atoms with Gasteiger partial charge in [-0.1, -0.05) is 18.2 Å². The fourth-order valence-electron chi connectivity index (χ4n) is 2.71. The number of halogens is 2. The van der Waals surface area contributed by atoms with Crippen molar-refractivity contribution in [3.63, 3.8) is 0 Å². The minimum Gasteiger partial charge on any atom is -0.496 e. The van der Waals surface area contributed by atoms with E-state index in [4.69, 9.17) is 9.47 Å². The second kappa shape index (κ2) is 11.1. The molecule has 2 aromatic rings. The van der Waals surface area contributed by atoms with Crippen molar-refractivity contribution >= 4 is 5.96 Å². The lowest BCUT2D eigenvalue weighted by Gasteiger charge is -2.16. The van der Waals surface area contributed by atoms with Crippen molar-refractivity contribution in [1.82, 2.24) is 10.6 Å². The van der Waals surface area contributed by atoms with E-state index < -0.39 is 6.61 Å². The summed E-state index contributed by atoms with van der Waals surface area (Å²) in [4.78, 5) is 4.21. The molecule has 0 heterocycles. The van der Waals surface area contributed by atoms with E-state index in [1.807, 2.05) is 25.1 Å². The third-order valence-electron chi connectivity index (χ3n) is 4.10. The molecule has 2 aromatic carbocycles. The van der Waals surface area contributed by atoms with Gasteiger partial charge in [0.2, 0.25) is 0 Å². The van der Waals surface area contributed by atoms with E-state index in [1.54, 1.807) is 33.2 Å². The predicted molar refractivity (Wildman–Crippen MR) is 109 cm³/mol. The average Bonchev–Trinajstić information content (AvgIpc) is 2.70. The summed E-state index contributed by atoms with van der Waals surface area (Å²) in [6.07, 6.45) is 0. The zero-order valence-electron chi connectivity index (χ0n) is 17.1. The molecule has 0 bridgehead atoms. The zero-order chi connectivity index (χ0) is 21.2. The number of hydrogen-bond donors (Lipinski definition) is 2. The lowest BCUT2D eigenvalue weighted by molar-refractivity contribution is -0.0514. The standard InChI is InChI=1S/C21H27F2N3O3/c1-5-28-19-11-15(7-9-17(19)29-20(22)23)12-25-21(24-3)26-13-16-8-6-14(2)10-18(16)27-4/h6-11,20H,5,12-13H2,1-4H3,(H2,24,25,26). The van der Waals surface area contributed by atoms with Crippen LogP contribution < -0.4 is 24.8 Å². The molecule has 8 heteroatoms. The molecular weight excluding hydrogens is 380 g/mol. The highest BCUT2D eigenvalue weighted by molar-refractivity contribution is 5.79. The fraction of sp³-hybridized carbons (Fsp3) is 0.381. The maximum atomic E-state index is 12.5. The third-order valence-corrected chi connectivity index (χ3v) is 4.10. The number of aryl methyl sites for hydroxylation is 1. The largest absolute Gasteiger partial charge is 0.496 e. The molecular formula is C21H27F2N3O3. The molecule has 0 saturated heterocycles. The second-order valence-corrected chi connectivity index (χ2v) is 6.19. The maximum Gasteiger partial charge on any atom is 0.387 e. The molecule has 0 radical (unpaired) electrons. The number of alkyl halides is 2. The molecule has 0 fully saturated rings. The number of ether oxygens (including phenoxy) is 3. The number of benzene rings is 2. The first-order valence-corrected chi connectivity index (χ1v) is 9.25. The molecule has 2 N–H and O–H groups in total. The third kappa shape index (κ3) is 6.81. The quantitative estimate of drug-likeness (QED) is 0.488. The van der Waals surface area contributed by atoms with Gasteiger partial charge >= 0.3 is 6.61 Å². The van der Waals surface area contributed by atoms with E-state index >= 15 is 0 Å². The summed E-state index contributed by atoms with van der Waals surface area (Å²) in [6.45, 7) is 2.20. The van der Waals surface area contributed by atoms with E-state index in [9.17, 15) is 8.78 Å². The molecule has 0 atom stereocenters. The van der Waals surface area contributed by atoms with Gasteiger partial charge < -0.3 is 24.8 Å². The van der Waals surface area contributed by atoms with Crippen LogP contribution in [0.2, 0.25) is 0 Å². The van der Waals surface area contributed by atoms with Gasteiger partial charge in [0.05, 0.1) is 13.7 Å². The van der Waals surface area contributed by atoms with Crippen LogP contribution in [0.5, 0.6) is 17.2 Å². The van der Waals surface area contributed by atoms with Crippen molar-refractivity contribution < 1.29 is 23.0 Å². The van der Waals surface area contributed by atoms with Gasteiger partial charge in [-0.05, 0) is 43.2 Å². The second-order valence-electron chi connectivity index (χ2n) is 6.19. The molecule has 0 unspecified atom stereocenters. The lowest BCUT2D eigenvalue weighted by Crippen LogP contribution is -2.36. The summed E-state index contributed by atoms with van der Waals surface area (Å²) in [6, 6.07) is 10.8. The summed E-state index contributed by atoms with van der Waals surface area (Å²) in [5.74, 6) is 1.70. The van der Waals surface area contributed by atoms with E-state index in [0.717, 1.165) is 22.4 Å². The number of nitrogens with zero attached hydrogens (tertiary/aromatic N) is 1. The Bertz CT molecular complexity index is 829. The van der Waals surface area contributed by atoms with Crippen molar-refractivity contribution in [2.75, 3.05) is 20.8 Å². The van der Waals surface area contributed by atoms with Gasteiger partial charge in [0.25, 0.3) is 0 Å². The average molecular weight is 407 g/mol. The topological polar surface area (TPSA) is 64.1 Å². The molecule has 29 heavy (non-hydrogen) atoms. The molecule has 0 spiro atoms. The van der Waals surface area contributed by atoms with Gasteiger partial charge in [-0.25, -0.2) is 0 Å². The first-order chi connectivity index (χ1) is 14.0. The van der Waals surface area contributed by atoms with Crippen molar-refractivity contribution in [3.8, 4) is 17.2 Å². The van der Waals surface area contributed by atoms with Crippen molar-refractivity contribution in [1.29, 1.82) is 0 Å². The smallest absolute Gasteiger partial charge is 0.387 e. The molecule has 0 aliphatic rings. The highest BCUT2D eigenvalue weighted by atomic mass is 19.3. The summed E-state index contributed by atoms with van der Waals surface area (Å²) in [5, 5.41) is 6.42. The number of methoxy groups -OCH3 is 1. The van der Waals surface area contributed by atoms with Crippen LogP contribution in [0.15, 0.2) is 41.4 Å². The first-order valence-electron chi connectivity index (χ1n) is 9.25. The Labute approximate surface area is 169 Å². The van der Waals surface area contributed by atoms with Crippen molar-refractivity contribution in [3.05, 3.63) is 53.1 Å². The summed E-state index contributed by atoms with van der Waals surface area (Å²) in [7, 11) is 3.32. The van der Waals surface area contributed by atoms with Crippen molar-refractivity contribution in [2.45, 2.75) is 33.5 Å². The number of aliphatic imine (C=N–C) groups is 1. The summed E-state index contributed by atoms with van der Waals surface area (Å²) >= 11 is 0. The highest BCUT2D eigenvalue weighted by Gasteiger charge is 2.12. The Morgan fingerprint density at radius 2 is 1.79 bits per heavy atom. The van der Waals surface area contributed by atoms with Crippen molar-refractivity contribution in [2.24, 2.45) is 4.99 Å². The van der Waals surface area contributed by atoms with Gasteiger partial charge in [-0.15, -0.1) is 0 Å². The van der Waals surface area contributed by atoms with Crippen LogP contribution in [0.4, 0.5) is 8.78 Å². The highest BCUT2D eigenvalue weighted by Crippen LogP contribution is 2.29. The van der Waals surface area contributed by atoms with E-state index in [1.165, 1.54) is 6.07 Å². The van der Waals surface area contributed by atoms with Crippen LogP contribution in [0, 0.1) is 6.92 Å². The molecule has 6 nitrogen and oxygen atoms in total. The SMILES string of the molecule is CCOc1cc(CNC(=NC)NCc2ccc(C)cc2OC)ccc1OC(F)F. The summed E-state index contributed by atoms with van der Waals surface area (Å²) in [5.41, 5.74) is 2.97. The van der Waals surface area contributed by atoms with Crippen LogP contribution in [0.1, 0.15) is 23.6 Å². The molecule has 0 aliphatic heterocycles. The van der Waals surface area contributed by atoms with Crippen LogP contribution >= 0.6 is 0 Å². The predicted octanol–water partition coefficient (Wildman–Crippen LogP) is 3.87. The Hall–Kier alpha value is -3.03. The molecule has 0 amide bonds. The van der Waals surface area contributed by atoms with E-state index in [-0.39, 0.29) is 11.5 Å². The fourth-order valence-corrected chi connectivity index (χ4v) is 2.71. The molecule has 0 aliphatic carbocycles. The first kappa shape index (κ1) is 22.3. The molecule has 2 rings (SSSR count). The minimum absolute atomic E-state index is 0.0135. The van der Waals surface area contributed by atoms with Crippen LogP contribution in [0.25, 0.3) is 0 Å². The summed E-state index contributed by atoms with van der Waals surface area (Å²) < 4.78 is 40.4. The van der Waals surface area contributed by atoms with Crippen LogP contribution in [-0.2, 0) is 13.1 Å². The van der Waals surface area contributed by atoms with Gasteiger partial charge in [0, 0.05) is 25.7 Å². The Balaban J connectivity index is 1.99.